The van der Waals surface area contributed by atoms with Gasteiger partial charge in [-0.25, -0.2) is 0 Å². The van der Waals surface area contributed by atoms with E-state index >= 15 is 0 Å². The van der Waals surface area contributed by atoms with Gasteiger partial charge in [0.15, 0.2) is 0 Å². The Morgan fingerprint density at radius 2 is 1.43 bits per heavy atom. The average molecular weight is 196 g/mol. The summed E-state index contributed by atoms with van der Waals surface area (Å²) in [6, 6.07) is 1.01. The maximum absolute atomic E-state index is 2.51. The summed E-state index contributed by atoms with van der Waals surface area (Å²) in [7, 11) is 2.51. The van der Waals surface area contributed by atoms with Crippen LogP contribution in [0.4, 0.5) is 0 Å². The fraction of sp³-hybridized carbons (Fsp3) is 1.00. The Morgan fingerprint density at radius 3 is 2.00 bits per heavy atom. The molecular formula is C13H26N+. The van der Waals surface area contributed by atoms with Crippen molar-refractivity contribution < 1.29 is 4.48 Å². The van der Waals surface area contributed by atoms with E-state index in [4.69, 9.17) is 0 Å². The van der Waals surface area contributed by atoms with Gasteiger partial charge in [0.2, 0.25) is 0 Å². The summed E-state index contributed by atoms with van der Waals surface area (Å²) in [6.07, 6.45) is 10.4. The highest BCUT2D eigenvalue weighted by Gasteiger charge is 2.35. The SMILES string of the molecule is CC1CCC([N+]2(C)CCCCC2)CC1. The van der Waals surface area contributed by atoms with Crippen molar-refractivity contribution in [3.63, 3.8) is 0 Å². The van der Waals surface area contributed by atoms with E-state index < -0.39 is 0 Å². The van der Waals surface area contributed by atoms with Crippen LogP contribution in [0.2, 0.25) is 0 Å². The summed E-state index contributed by atoms with van der Waals surface area (Å²) in [6.45, 7) is 5.34. The Balaban J connectivity index is 1.92. The molecule has 0 bridgehead atoms. The highest BCUT2D eigenvalue weighted by Crippen LogP contribution is 2.32. The van der Waals surface area contributed by atoms with Gasteiger partial charge in [-0.15, -0.1) is 0 Å². The van der Waals surface area contributed by atoms with E-state index in [1.165, 1.54) is 62.5 Å². The zero-order valence-electron chi connectivity index (χ0n) is 9.97. The molecule has 82 valence electrons. The third kappa shape index (κ3) is 2.13. The Morgan fingerprint density at radius 1 is 0.857 bits per heavy atom. The summed E-state index contributed by atoms with van der Waals surface area (Å²) < 4.78 is 1.41. The van der Waals surface area contributed by atoms with Gasteiger partial charge < -0.3 is 4.48 Å². The molecule has 0 aromatic rings. The monoisotopic (exact) mass is 196 g/mol. The molecule has 14 heavy (non-hydrogen) atoms. The lowest BCUT2D eigenvalue weighted by Gasteiger charge is -2.46. The zero-order chi connectivity index (χ0) is 10.0. The topological polar surface area (TPSA) is 0 Å². The van der Waals surface area contributed by atoms with Crippen LogP contribution >= 0.6 is 0 Å². The second-order valence-corrected chi connectivity index (χ2v) is 5.90. The van der Waals surface area contributed by atoms with E-state index in [1.54, 1.807) is 0 Å². The van der Waals surface area contributed by atoms with E-state index in [1.807, 2.05) is 0 Å². The van der Waals surface area contributed by atoms with Crippen molar-refractivity contribution in [1.82, 2.24) is 0 Å². The van der Waals surface area contributed by atoms with Crippen molar-refractivity contribution in [2.75, 3.05) is 20.1 Å². The highest BCUT2D eigenvalue weighted by molar-refractivity contribution is 4.72. The summed E-state index contributed by atoms with van der Waals surface area (Å²) in [5.74, 6) is 1.00. The lowest BCUT2D eigenvalue weighted by Crippen LogP contribution is -2.55. The lowest BCUT2D eigenvalue weighted by atomic mass is 9.84. The first-order valence-corrected chi connectivity index (χ1v) is 6.55. The van der Waals surface area contributed by atoms with Gasteiger partial charge in [-0.3, -0.25) is 0 Å². The number of quaternary nitrogens is 1. The van der Waals surface area contributed by atoms with Gasteiger partial charge in [-0.05, 0) is 50.9 Å². The second-order valence-electron chi connectivity index (χ2n) is 5.90. The molecule has 0 aromatic heterocycles. The van der Waals surface area contributed by atoms with E-state index in [0.717, 1.165) is 12.0 Å². The third-order valence-electron chi connectivity index (χ3n) is 4.70. The average Bonchev–Trinajstić information content (AvgIpc) is 2.19. The number of nitrogens with zero attached hydrogens (tertiary/aromatic N) is 1. The van der Waals surface area contributed by atoms with Gasteiger partial charge in [0, 0.05) is 0 Å². The summed E-state index contributed by atoms with van der Waals surface area (Å²) in [4.78, 5) is 0. The molecule has 0 unspecified atom stereocenters. The molecule has 1 heterocycles. The molecule has 0 amide bonds. The number of piperidine rings is 1. The number of hydrogen-bond donors (Lipinski definition) is 0. The molecule has 0 aromatic carbocycles. The van der Waals surface area contributed by atoms with Crippen LogP contribution in [-0.2, 0) is 0 Å². The molecule has 1 saturated heterocycles. The van der Waals surface area contributed by atoms with Crippen LogP contribution in [0.15, 0.2) is 0 Å². The van der Waals surface area contributed by atoms with Crippen LogP contribution in [0.3, 0.4) is 0 Å². The van der Waals surface area contributed by atoms with Crippen molar-refractivity contribution in [2.24, 2.45) is 5.92 Å². The molecule has 0 N–H and O–H groups in total. The van der Waals surface area contributed by atoms with Gasteiger partial charge in [0.1, 0.15) is 0 Å². The second kappa shape index (κ2) is 4.22. The maximum Gasteiger partial charge on any atom is 0.0888 e. The molecule has 0 radical (unpaired) electrons. The predicted octanol–water partition coefficient (Wildman–Crippen LogP) is 3.20. The number of hydrogen-bond acceptors (Lipinski definition) is 0. The minimum absolute atomic E-state index is 1.00. The van der Waals surface area contributed by atoms with Gasteiger partial charge in [0.05, 0.1) is 26.2 Å². The van der Waals surface area contributed by atoms with Crippen LogP contribution in [0.1, 0.15) is 51.9 Å². The molecule has 2 fully saturated rings. The smallest absolute Gasteiger partial charge is 0.0888 e. The molecule has 2 rings (SSSR count). The largest absolute Gasteiger partial charge is 0.324 e. The first-order valence-electron chi connectivity index (χ1n) is 6.55. The first-order chi connectivity index (χ1) is 6.71. The molecular weight excluding hydrogens is 170 g/mol. The molecule has 0 spiro atoms. The van der Waals surface area contributed by atoms with E-state index in [-0.39, 0.29) is 0 Å². The molecule has 2 aliphatic rings. The van der Waals surface area contributed by atoms with Crippen molar-refractivity contribution in [2.45, 2.75) is 57.9 Å². The molecule has 0 atom stereocenters. The van der Waals surface area contributed by atoms with Crippen molar-refractivity contribution >= 4 is 0 Å². The molecule has 1 heteroatoms. The number of likely N-dealkylation sites (tertiary alicyclic amines) is 1. The maximum atomic E-state index is 2.51. The van der Waals surface area contributed by atoms with Crippen molar-refractivity contribution in [3.05, 3.63) is 0 Å². The zero-order valence-corrected chi connectivity index (χ0v) is 9.97. The Kier molecular flexibility index (Phi) is 3.16. The standard InChI is InChI=1S/C13H26N/c1-12-6-8-13(9-7-12)14(2)10-4-3-5-11-14/h12-13H,3-11H2,1-2H3/q+1. The van der Waals surface area contributed by atoms with Gasteiger partial charge in [-0.1, -0.05) is 6.92 Å². The van der Waals surface area contributed by atoms with Crippen LogP contribution in [0.25, 0.3) is 0 Å². The van der Waals surface area contributed by atoms with Crippen molar-refractivity contribution in [3.8, 4) is 0 Å². The summed E-state index contributed by atoms with van der Waals surface area (Å²) >= 11 is 0. The normalized spacial score (nSPS) is 38.1. The minimum atomic E-state index is 1.00. The van der Waals surface area contributed by atoms with Gasteiger partial charge >= 0.3 is 0 Å². The molecule has 1 aliphatic heterocycles. The first kappa shape index (κ1) is 10.5. The van der Waals surface area contributed by atoms with Crippen LogP contribution in [0, 0.1) is 5.92 Å². The van der Waals surface area contributed by atoms with Crippen molar-refractivity contribution in [1.29, 1.82) is 0 Å². The van der Waals surface area contributed by atoms with E-state index in [0.29, 0.717) is 0 Å². The van der Waals surface area contributed by atoms with Crippen LogP contribution < -0.4 is 0 Å². The minimum Gasteiger partial charge on any atom is -0.324 e. The fourth-order valence-electron chi connectivity index (χ4n) is 3.47. The Labute approximate surface area is 89.1 Å². The number of rotatable bonds is 1. The lowest BCUT2D eigenvalue weighted by molar-refractivity contribution is -0.939. The van der Waals surface area contributed by atoms with Crippen LogP contribution in [0.5, 0.6) is 0 Å². The molecule has 1 aliphatic carbocycles. The molecule has 1 saturated carbocycles. The van der Waals surface area contributed by atoms with Crippen LogP contribution in [-0.4, -0.2) is 30.7 Å². The van der Waals surface area contributed by atoms with Gasteiger partial charge in [0.25, 0.3) is 0 Å². The Bertz CT molecular complexity index is 174. The molecule has 1 nitrogen and oxygen atoms in total. The Hall–Kier alpha value is -0.0400. The highest BCUT2D eigenvalue weighted by atomic mass is 15.4. The van der Waals surface area contributed by atoms with E-state index in [2.05, 4.69) is 14.0 Å². The van der Waals surface area contributed by atoms with Gasteiger partial charge in [-0.2, -0.15) is 0 Å². The fourth-order valence-corrected chi connectivity index (χ4v) is 3.47. The summed E-state index contributed by atoms with van der Waals surface area (Å²) in [5, 5.41) is 0. The predicted molar refractivity (Wildman–Crippen MR) is 61.2 cm³/mol. The third-order valence-corrected chi connectivity index (χ3v) is 4.70. The quantitative estimate of drug-likeness (QED) is 0.565. The van der Waals surface area contributed by atoms with E-state index in [9.17, 15) is 0 Å². The summed E-state index contributed by atoms with van der Waals surface area (Å²) in [5.41, 5.74) is 0.